The number of nitrogens with one attached hydrogen (secondary N) is 2. The predicted molar refractivity (Wildman–Crippen MR) is 83.1 cm³/mol. The molecule has 6 heteroatoms. The lowest BCUT2D eigenvalue weighted by Crippen LogP contribution is -2.11. The summed E-state index contributed by atoms with van der Waals surface area (Å²) in [6.07, 6.45) is 4.27. The number of anilines is 2. The number of hydrogen-bond donors (Lipinski definition) is 2. The zero-order valence-electron chi connectivity index (χ0n) is 11.4. The van der Waals surface area contributed by atoms with E-state index in [4.69, 9.17) is 11.6 Å². The highest BCUT2D eigenvalue weighted by Gasteiger charge is 2.18. The highest BCUT2D eigenvalue weighted by atomic mass is 35.5. The Labute approximate surface area is 126 Å². The summed E-state index contributed by atoms with van der Waals surface area (Å²) in [5.41, 5.74) is 3.22. The smallest absolute Gasteiger partial charge is 0.224 e. The van der Waals surface area contributed by atoms with Crippen molar-refractivity contribution >= 4 is 34.1 Å². The molecule has 0 spiro atoms. The number of fused-ring (bicyclic) bond motifs is 2. The molecule has 5 nitrogen and oxygen atoms in total. The molecule has 0 aliphatic heterocycles. The van der Waals surface area contributed by atoms with Crippen molar-refractivity contribution in [3.05, 3.63) is 40.8 Å². The summed E-state index contributed by atoms with van der Waals surface area (Å²) in [6.45, 7) is 0. The summed E-state index contributed by atoms with van der Waals surface area (Å²) < 4.78 is 0. The number of rotatable bonds is 2. The molecule has 2 N–H and O–H groups in total. The van der Waals surface area contributed by atoms with Gasteiger partial charge in [0.05, 0.1) is 11.2 Å². The first-order valence-electron chi connectivity index (χ1n) is 7.07. The van der Waals surface area contributed by atoms with E-state index in [1.165, 1.54) is 0 Å². The third kappa shape index (κ3) is 2.23. The molecule has 21 heavy (non-hydrogen) atoms. The average molecular weight is 300 g/mol. The van der Waals surface area contributed by atoms with Crippen LogP contribution >= 0.6 is 11.6 Å². The molecule has 1 aromatic carbocycles. The van der Waals surface area contributed by atoms with Crippen molar-refractivity contribution < 1.29 is 0 Å². The molecule has 106 valence electrons. The first kappa shape index (κ1) is 12.6. The standard InChI is InChI=1S/C15H14ClN5/c16-15-17-11-7-3-1-5-9(11)13(19-15)18-14-10-6-2-4-8-12(10)20-21-14/h2,4,6,8H,1,3,5,7H2,(H2,17,18,19,20,21). The van der Waals surface area contributed by atoms with Crippen LogP contribution in [-0.2, 0) is 12.8 Å². The second kappa shape index (κ2) is 5.00. The molecule has 1 aliphatic rings. The Bertz CT molecular complexity index is 811. The molecule has 0 radical (unpaired) electrons. The molecular weight excluding hydrogens is 286 g/mol. The van der Waals surface area contributed by atoms with Crippen molar-refractivity contribution in [2.75, 3.05) is 5.32 Å². The van der Waals surface area contributed by atoms with Crippen LogP contribution in [0, 0.1) is 0 Å². The van der Waals surface area contributed by atoms with Crippen molar-refractivity contribution in [2.45, 2.75) is 25.7 Å². The lowest BCUT2D eigenvalue weighted by molar-refractivity contribution is 0.664. The second-order valence-corrected chi connectivity index (χ2v) is 5.55. The molecule has 3 aromatic rings. The fraction of sp³-hybridized carbons (Fsp3) is 0.267. The van der Waals surface area contributed by atoms with Crippen LogP contribution < -0.4 is 5.32 Å². The number of para-hydroxylation sites is 1. The number of nitrogens with zero attached hydrogens (tertiary/aromatic N) is 3. The molecule has 4 rings (SSSR count). The van der Waals surface area contributed by atoms with Gasteiger partial charge in [0, 0.05) is 10.9 Å². The van der Waals surface area contributed by atoms with Crippen LogP contribution in [0.15, 0.2) is 24.3 Å². The number of aromatic amines is 1. The lowest BCUT2D eigenvalue weighted by Gasteiger charge is -2.18. The number of H-pyrrole nitrogens is 1. The summed E-state index contributed by atoms with van der Waals surface area (Å²) in [6, 6.07) is 7.99. The topological polar surface area (TPSA) is 66.5 Å². The molecule has 0 saturated heterocycles. The van der Waals surface area contributed by atoms with Gasteiger partial charge < -0.3 is 5.32 Å². The van der Waals surface area contributed by atoms with Crippen molar-refractivity contribution in [2.24, 2.45) is 0 Å². The van der Waals surface area contributed by atoms with Crippen LogP contribution in [0.25, 0.3) is 10.9 Å². The van der Waals surface area contributed by atoms with Crippen LogP contribution in [0.4, 0.5) is 11.6 Å². The van der Waals surface area contributed by atoms with Crippen LogP contribution in [-0.4, -0.2) is 20.2 Å². The maximum atomic E-state index is 6.05. The fourth-order valence-corrected chi connectivity index (χ4v) is 3.02. The normalized spacial score (nSPS) is 14.1. The molecule has 0 saturated carbocycles. The SMILES string of the molecule is Clc1nc2c(c(Nc3n[nH]c4ccccc34)n1)CCCC2. The monoisotopic (exact) mass is 299 g/mol. The highest BCUT2D eigenvalue weighted by molar-refractivity contribution is 6.28. The Morgan fingerprint density at radius 1 is 1.05 bits per heavy atom. The quantitative estimate of drug-likeness (QED) is 0.709. The molecule has 0 unspecified atom stereocenters. The minimum absolute atomic E-state index is 0.290. The first-order chi connectivity index (χ1) is 10.3. The third-order valence-corrected chi connectivity index (χ3v) is 4.03. The van der Waals surface area contributed by atoms with Crippen LogP contribution in [0.2, 0.25) is 5.28 Å². The highest BCUT2D eigenvalue weighted by Crippen LogP contribution is 2.30. The molecule has 0 atom stereocenters. The summed E-state index contributed by atoms with van der Waals surface area (Å²) in [4.78, 5) is 8.71. The van der Waals surface area contributed by atoms with E-state index in [0.29, 0.717) is 0 Å². The average Bonchev–Trinajstić information content (AvgIpc) is 2.90. The summed E-state index contributed by atoms with van der Waals surface area (Å²) >= 11 is 6.05. The molecule has 2 aromatic heterocycles. The molecular formula is C15H14ClN5. The van der Waals surface area contributed by atoms with Crippen molar-refractivity contribution in [1.29, 1.82) is 0 Å². The number of aryl methyl sites for hydroxylation is 1. The largest absolute Gasteiger partial charge is 0.323 e. The Morgan fingerprint density at radius 2 is 1.90 bits per heavy atom. The molecule has 2 heterocycles. The zero-order chi connectivity index (χ0) is 14.2. The molecule has 1 aliphatic carbocycles. The van der Waals surface area contributed by atoms with E-state index < -0.39 is 0 Å². The summed E-state index contributed by atoms with van der Waals surface area (Å²) in [5.74, 6) is 1.55. The molecule has 0 amide bonds. The van der Waals surface area contributed by atoms with Gasteiger partial charge in [-0.1, -0.05) is 12.1 Å². The third-order valence-electron chi connectivity index (χ3n) is 3.86. The van der Waals surface area contributed by atoms with Gasteiger partial charge in [-0.05, 0) is 49.4 Å². The zero-order valence-corrected chi connectivity index (χ0v) is 12.1. The maximum Gasteiger partial charge on any atom is 0.224 e. The number of hydrogen-bond acceptors (Lipinski definition) is 4. The van der Waals surface area contributed by atoms with Gasteiger partial charge >= 0.3 is 0 Å². The van der Waals surface area contributed by atoms with Crippen LogP contribution in [0.3, 0.4) is 0 Å². The molecule has 0 fully saturated rings. The van der Waals surface area contributed by atoms with Gasteiger partial charge in [-0.25, -0.2) is 9.97 Å². The number of benzene rings is 1. The fourth-order valence-electron chi connectivity index (χ4n) is 2.84. The van der Waals surface area contributed by atoms with Gasteiger partial charge in [0.15, 0.2) is 5.82 Å². The second-order valence-electron chi connectivity index (χ2n) is 5.22. The van der Waals surface area contributed by atoms with Gasteiger partial charge in [0.2, 0.25) is 5.28 Å². The van der Waals surface area contributed by atoms with E-state index in [1.54, 1.807) is 0 Å². The Kier molecular flexibility index (Phi) is 3.00. The van der Waals surface area contributed by atoms with Crippen LogP contribution in [0.1, 0.15) is 24.1 Å². The maximum absolute atomic E-state index is 6.05. The van der Waals surface area contributed by atoms with Crippen molar-refractivity contribution in [3.63, 3.8) is 0 Å². The minimum atomic E-state index is 0.290. The van der Waals surface area contributed by atoms with Crippen LogP contribution in [0.5, 0.6) is 0 Å². The lowest BCUT2D eigenvalue weighted by atomic mass is 9.96. The predicted octanol–water partition coefficient (Wildman–Crippen LogP) is 3.63. The van der Waals surface area contributed by atoms with E-state index in [0.717, 1.165) is 59.5 Å². The van der Waals surface area contributed by atoms with Gasteiger partial charge in [-0.3, -0.25) is 5.10 Å². The van der Waals surface area contributed by atoms with E-state index in [9.17, 15) is 0 Å². The van der Waals surface area contributed by atoms with E-state index in [1.807, 2.05) is 24.3 Å². The summed E-state index contributed by atoms with van der Waals surface area (Å²) in [5, 5.41) is 12.0. The van der Waals surface area contributed by atoms with E-state index >= 15 is 0 Å². The van der Waals surface area contributed by atoms with E-state index in [2.05, 4.69) is 25.5 Å². The van der Waals surface area contributed by atoms with Gasteiger partial charge in [0.25, 0.3) is 0 Å². The minimum Gasteiger partial charge on any atom is -0.323 e. The van der Waals surface area contributed by atoms with E-state index in [-0.39, 0.29) is 5.28 Å². The van der Waals surface area contributed by atoms with Gasteiger partial charge in [-0.15, -0.1) is 0 Å². The van der Waals surface area contributed by atoms with Gasteiger partial charge in [-0.2, -0.15) is 5.10 Å². The number of halogens is 1. The Morgan fingerprint density at radius 3 is 2.86 bits per heavy atom. The Hall–Kier alpha value is -2.14. The van der Waals surface area contributed by atoms with Gasteiger partial charge in [0.1, 0.15) is 5.82 Å². The number of aromatic nitrogens is 4. The summed E-state index contributed by atoms with van der Waals surface area (Å²) in [7, 11) is 0. The Balaban J connectivity index is 1.79. The molecule has 0 bridgehead atoms. The first-order valence-corrected chi connectivity index (χ1v) is 7.44. The van der Waals surface area contributed by atoms with Crippen molar-refractivity contribution in [3.8, 4) is 0 Å². The van der Waals surface area contributed by atoms with Crippen molar-refractivity contribution in [1.82, 2.24) is 20.2 Å².